The first-order valence-corrected chi connectivity index (χ1v) is 6.03. The van der Waals surface area contributed by atoms with Gasteiger partial charge in [0.15, 0.2) is 0 Å². The SMILES string of the molecule is CC(C)c1cc(Cl)cc(CC2(O)CC2)c1O. The van der Waals surface area contributed by atoms with Crippen molar-refractivity contribution >= 4 is 11.6 Å². The molecule has 0 bridgehead atoms. The minimum Gasteiger partial charge on any atom is -0.507 e. The van der Waals surface area contributed by atoms with E-state index in [1.807, 2.05) is 13.8 Å². The van der Waals surface area contributed by atoms with Gasteiger partial charge in [-0.1, -0.05) is 25.4 Å². The molecule has 0 radical (unpaired) electrons. The fourth-order valence-corrected chi connectivity index (χ4v) is 2.18. The smallest absolute Gasteiger partial charge is 0.122 e. The number of halogens is 1. The molecule has 2 N–H and O–H groups in total. The first-order chi connectivity index (χ1) is 7.41. The molecule has 0 heterocycles. The van der Waals surface area contributed by atoms with E-state index in [4.69, 9.17) is 11.6 Å². The van der Waals surface area contributed by atoms with Crippen molar-refractivity contribution in [2.75, 3.05) is 0 Å². The van der Waals surface area contributed by atoms with Crippen LogP contribution in [0.3, 0.4) is 0 Å². The lowest BCUT2D eigenvalue weighted by molar-refractivity contribution is 0.150. The minimum absolute atomic E-state index is 0.228. The maximum Gasteiger partial charge on any atom is 0.122 e. The summed E-state index contributed by atoms with van der Waals surface area (Å²) in [6.45, 7) is 4.03. The van der Waals surface area contributed by atoms with Gasteiger partial charge in [-0.25, -0.2) is 0 Å². The average molecular weight is 241 g/mol. The third-order valence-electron chi connectivity index (χ3n) is 3.15. The molecule has 2 nitrogen and oxygen atoms in total. The normalized spacial score (nSPS) is 17.8. The van der Waals surface area contributed by atoms with Gasteiger partial charge in [-0.3, -0.25) is 0 Å². The lowest BCUT2D eigenvalue weighted by atomic mass is 9.96. The van der Waals surface area contributed by atoms with Gasteiger partial charge >= 0.3 is 0 Å². The van der Waals surface area contributed by atoms with E-state index in [1.165, 1.54) is 0 Å². The molecule has 0 unspecified atom stereocenters. The van der Waals surface area contributed by atoms with Crippen LogP contribution in [0.1, 0.15) is 43.7 Å². The minimum atomic E-state index is -0.601. The zero-order valence-electron chi connectivity index (χ0n) is 9.63. The van der Waals surface area contributed by atoms with Gasteiger partial charge in [-0.05, 0) is 42.0 Å². The Kier molecular flexibility index (Phi) is 2.89. The highest BCUT2D eigenvalue weighted by Gasteiger charge is 2.41. The van der Waals surface area contributed by atoms with Crippen molar-refractivity contribution in [3.8, 4) is 5.75 Å². The molecular formula is C13H17ClO2. The van der Waals surface area contributed by atoms with Gasteiger partial charge in [0.2, 0.25) is 0 Å². The van der Waals surface area contributed by atoms with E-state index in [1.54, 1.807) is 12.1 Å². The highest BCUT2D eigenvalue weighted by molar-refractivity contribution is 6.30. The molecule has 88 valence electrons. The van der Waals surface area contributed by atoms with Crippen LogP contribution in [0.15, 0.2) is 12.1 Å². The topological polar surface area (TPSA) is 40.5 Å². The van der Waals surface area contributed by atoms with Crippen molar-refractivity contribution in [3.05, 3.63) is 28.3 Å². The van der Waals surface area contributed by atoms with Crippen LogP contribution in [-0.4, -0.2) is 15.8 Å². The number of phenolic OH excluding ortho intramolecular Hbond substituents is 1. The number of aliphatic hydroxyl groups is 1. The number of hydrogen-bond acceptors (Lipinski definition) is 2. The number of hydrogen-bond donors (Lipinski definition) is 2. The fraction of sp³-hybridized carbons (Fsp3) is 0.538. The molecule has 1 saturated carbocycles. The number of benzene rings is 1. The molecule has 16 heavy (non-hydrogen) atoms. The van der Waals surface area contributed by atoms with Crippen molar-refractivity contribution < 1.29 is 10.2 Å². The van der Waals surface area contributed by atoms with Gasteiger partial charge in [0.05, 0.1) is 5.60 Å². The average Bonchev–Trinajstić information content (AvgIpc) is 2.89. The van der Waals surface area contributed by atoms with Gasteiger partial charge < -0.3 is 10.2 Å². The van der Waals surface area contributed by atoms with Gasteiger partial charge in [0.1, 0.15) is 5.75 Å². The monoisotopic (exact) mass is 240 g/mol. The Morgan fingerprint density at radius 3 is 2.50 bits per heavy atom. The molecule has 0 atom stereocenters. The second-order valence-corrected chi connectivity index (χ2v) is 5.50. The van der Waals surface area contributed by atoms with E-state index in [-0.39, 0.29) is 5.92 Å². The standard InChI is InChI=1S/C13H17ClO2/c1-8(2)11-6-10(14)5-9(12(11)15)7-13(16)3-4-13/h5-6,8,15-16H,3-4,7H2,1-2H3. The number of rotatable bonds is 3. The van der Waals surface area contributed by atoms with Crippen molar-refractivity contribution in [2.24, 2.45) is 0 Å². The third kappa shape index (κ3) is 2.33. The summed E-state index contributed by atoms with van der Waals surface area (Å²) in [6, 6.07) is 3.54. The van der Waals surface area contributed by atoms with Crippen LogP contribution >= 0.6 is 11.6 Å². The zero-order chi connectivity index (χ0) is 11.9. The number of aromatic hydroxyl groups is 1. The van der Waals surface area contributed by atoms with E-state index in [0.29, 0.717) is 17.2 Å². The summed E-state index contributed by atoms with van der Waals surface area (Å²) >= 11 is 6.02. The van der Waals surface area contributed by atoms with Crippen LogP contribution in [0.25, 0.3) is 0 Å². The van der Waals surface area contributed by atoms with Gasteiger partial charge in [0.25, 0.3) is 0 Å². The van der Waals surface area contributed by atoms with E-state index in [2.05, 4.69) is 0 Å². The first-order valence-electron chi connectivity index (χ1n) is 5.65. The van der Waals surface area contributed by atoms with E-state index >= 15 is 0 Å². The molecule has 1 fully saturated rings. The lowest BCUT2D eigenvalue weighted by Gasteiger charge is -2.15. The molecule has 2 rings (SSSR count). The summed E-state index contributed by atoms with van der Waals surface area (Å²) in [4.78, 5) is 0. The van der Waals surface area contributed by atoms with Crippen LogP contribution < -0.4 is 0 Å². The maximum atomic E-state index is 10.1. The molecule has 3 heteroatoms. The molecule has 0 amide bonds. The summed E-state index contributed by atoms with van der Waals surface area (Å²) in [5, 5.41) is 20.6. The molecule has 1 aliphatic rings. The molecular weight excluding hydrogens is 224 g/mol. The Morgan fingerprint density at radius 1 is 1.38 bits per heavy atom. The number of phenols is 1. The summed E-state index contributed by atoms with van der Waals surface area (Å²) < 4.78 is 0. The quantitative estimate of drug-likeness (QED) is 0.852. The molecule has 1 aromatic carbocycles. The molecule has 1 aliphatic carbocycles. The Morgan fingerprint density at radius 2 is 2.00 bits per heavy atom. The van der Waals surface area contributed by atoms with E-state index < -0.39 is 5.60 Å². The Bertz CT molecular complexity index is 409. The van der Waals surface area contributed by atoms with Crippen LogP contribution in [0.5, 0.6) is 5.75 Å². The van der Waals surface area contributed by atoms with Crippen LogP contribution in [0.2, 0.25) is 5.02 Å². The Labute approximate surface area is 101 Å². The molecule has 0 spiro atoms. The maximum absolute atomic E-state index is 10.1. The predicted molar refractivity (Wildman–Crippen MR) is 65.1 cm³/mol. The third-order valence-corrected chi connectivity index (χ3v) is 3.37. The molecule has 0 aromatic heterocycles. The lowest BCUT2D eigenvalue weighted by Crippen LogP contribution is -2.11. The van der Waals surface area contributed by atoms with Crippen molar-refractivity contribution in [1.82, 2.24) is 0 Å². The summed E-state index contributed by atoms with van der Waals surface area (Å²) in [6.07, 6.45) is 2.13. The Balaban J connectivity index is 2.36. The fourth-order valence-electron chi connectivity index (χ4n) is 1.93. The highest BCUT2D eigenvalue weighted by Crippen LogP contribution is 2.42. The Hall–Kier alpha value is -0.730. The van der Waals surface area contributed by atoms with Gasteiger partial charge in [0, 0.05) is 11.4 Å². The second-order valence-electron chi connectivity index (χ2n) is 5.06. The van der Waals surface area contributed by atoms with Gasteiger partial charge in [-0.2, -0.15) is 0 Å². The van der Waals surface area contributed by atoms with Crippen molar-refractivity contribution in [2.45, 2.75) is 44.6 Å². The van der Waals surface area contributed by atoms with Crippen LogP contribution in [0.4, 0.5) is 0 Å². The molecule has 0 saturated heterocycles. The highest BCUT2D eigenvalue weighted by atomic mass is 35.5. The van der Waals surface area contributed by atoms with E-state index in [9.17, 15) is 10.2 Å². The first kappa shape index (κ1) is 11.7. The van der Waals surface area contributed by atoms with Gasteiger partial charge in [-0.15, -0.1) is 0 Å². The predicted octanol–water partition coefficient (Wildman–Crippen LogP) is 3.24. The molecule has 0 aliphatic heterocycles. The van der Waals surface area contributed by atoms with Crippen LogP contribution in [-0.2, 0) is 6.42 Å². The zero-order valence-corrected chi connectivity index (χ0v) is 10.4. The van der Waals surface area contributed by atoms with Crippen LogP contribution in [0, 0.1) is 0 Å². The largest absolute Gasteiger partial charge is 0.507 e. The van der Waals surface area contributed by atoms with Crippen molar-refractivity contribution in [1.29, 1.82) is 0 Å². The summed E-state index contributed by atoms with van der Waals surface area (Å²) in [7, 11) is 0. The van der Waals surface area contributed by atoms with Crippen molar-refractivity contribution in [3.63, 3.8) is 0 Å². The summed E-state index contributed by atoms with van der Waals surface area (Å²) in [5.41, 5.74) is 1.01. The second kappa shape index (κ2) is 3.94. The molecule has 1 aromatic rings. The van der Waals surface area contributed by atoms with E-state index in [0.717, 1.165) is 24.0 Å². The summed E-state index contributed by atoms with van der Waals surface area (Å²) in [5.74, 6) is 0.519.